The Labute approximate surface area is 566 Å². The Morgan fingerprint density at radius 3 is 1.15 bits per heavy atom. The maximum Gasteiger partial charge on any atom is 0.220 e. The quantitative estimate of drug-likeness (QED) is 0.0199. The third kappa shape index (κ3) is 37.1. The standard InChI is InChI=1S/C75H135NO18/c1-3-5-7-9-11-13-15-17-19-21-23-25-27-28-29-30-31-33-35-37-39-41-43-45-47-49-51-53-63(81)76-58(59(80)52-50-48-46-44-42-40-38-36-34-32-26-24-22-20-18-16-14-12-10-8-6-4-2)57-89-73-69(87)66(84)71(61(55-78)91-73)94-75-70(88)67(85)72(62(56-79)92-75)93-74-68(86)65(83)64(82)60(54-77)90-74/h5,7,11,13,17,19,23,25,50,52,58-62,64-75,77-80,82-88H,3-4,6,8-10,12,14-16,18,20-22,24,26-49,51,53-57H2,1-2H3,(H,76,81)/b7-5-,13-11-,19-17-,25-23-,52-50+. The molecular formula is C75H135NO18. The number of rotatable bonds is 58. The zero-order valence-corrected chi connectivity index (χ0v) is 58.2. The van der Waals surface area contributed by atoms with E-state index in [9.17, 15) is 61.0 Å². The van der Waals surface area contributed by atoms with Crippen LogP contribution in [0.3, 0.4) is 0 Å². The zero-order valence-electron chi connectivity index (χ0n) is 58.2. The SMILES string of the molecule is CC/C=C\C/C=C\C/C=C\C/C=C\CCCCCCCCCCCCCCCCC(=O)NC(COC1OC(CO)C(OC2OC(CO)C(OC3OC(CO)C(O)C(O)C3O)C(O)C2O)C(O)C1O)C(O)/C=C/CCCCCCCCCCCCCCCCCCCCCC. The molecule has 0 aromatic heterocycles. The number of unbranched alkanes of at least 4 members (excludes halogenated alkanes) is 34. The second-order valence-corrected chi connectivity index (χ2v) is 26.7. The topological polar surface area (TPSA) is 307 Å². The molecule has 17 unspecified atom stereocenters. The largest absolute Gasteiger partial charge is 0.394 e. The number of amides is 1. The van der Waals surface area contributed by atoms with Gasteiger partial charge in [-0.2, -0.15) is 0 Å². The first kappa shape index (κ1) is 85.7. The first-order valence-electron chi connectivity index (χ1n) is 37.5. The second kappa shape index (κ2) is 56.3. The van der Waals surface area contributed by atoms with Gasteiger partial charge in [-0.1, -0.05) is 274 Å². The Kier molecular flexibility index (Phi) is 51.3. The molecule has 0 spiro atoms. The predicted octanol–water partition coefficient (Wildman–Crippen LogP) is 11.1. The van der Waals surface area contributed by atoms with E-state index < -0.39 is 124 Å². The summed E-state index contributed by atoms with van der Waals surface area (Å²) >= 11 is 0. The minimum atomic E-state index is -1.98. The molecule has 3 rings (SSSR count). The van der Waals surface area contributed by atoms with Gasteiger partial charge in [0.2, 0.25) is 5.91 Å². The second-order valence-electron chi connectivity index (χ2n) is 26.7. The molecule has 0 aliphatic carbocycles. The zero-order chi connectivity index (χ0) is 68.2. The van der Waals surface area contributed by atoms with E-state index in [0.29, 0.717) is 6.42 Å². The summed E-state index contributed by atoms with van der Waals surface area (Å²) in [5.74, 6) is -0.275. The average Bonchev–Trinajstić information content (AvgIpc) is 0.787. The fourth-order valence-electron chi connectivity index (χ4n) is 12.5. The summed E-state index contributed by atoms with van der Waals surface area (Å²) in [5.41, 5.74) is 0. The van der Waals surface area contributed by atoms with Crippen molar-refractivity contribution in [2.24, 2.45) is 0 Å². The molecular weight excluding hydrogens is 1200 g/mol. The molecule has 0 aromatic carbocycles. The molecule has 548 valence electrons. The highest BCUT2D eigenvalue weighted by atomic mass is 16.8. The monoisotopic (exact) mass is 1340 g/mol. The maximum absolute atomic E-state index is 13.5. The molecule has 1 amide bonds. The molecule has 0 aromatic rings. The third-order valence-electron chi connectivity index (χ3n) is 18.6. The van der Waals surface area contributed by atoms with E-state index in [0.717, 1.165) is 77.0 Å². The minimum Gasteiger partial charge on any atom is -0.394 e. The van der Waals surface area contributed by atoms with Crippen LogP contribution in [0.2, 0.25) is 0 Å². The highest BCUT2D eigenvalue weighted by Gasteiger charge is 2.53. The Hall–Kier alpha value is -2.51. The number of aliphatic hydroxyl groups is 11. The van der Waals surface area contributed by atoms with E-state index in [2.05, 4.69) is 67.8 Å². The number of ether oxygens (including phenoxy) is 6. The summed E-state index contributed by atoms with van der Waals surface area (Å²) in [7, 11) is 0. The lowest BCUT2D eigenvalue weighted by molar-refractivity contribution is -0.379. The number of hydrogen-bond acceptors (Lipinski definition) is 18. The molecule has 19 heteroatoms. The summed E-state index contributed by atoms with van der Waals surface area (Å²) in [6.07, 6.45) is 43.3. The molecule has 3 heterocycles. The summed E-state index contributed by atoms with van der Waals surface area (Å²) in [6, 6.07) is -0.976. The van der Waals surface area contributed by atoms with Gasteiger partial charge in [0.25, 0.3) is 0 Å². The van der Waals surface area contributed by atoms with Crippen LogP contribution in [0.5, 0.6) is 0 Å². The first-order valence-corrected chi connectivity index (χ1v) is 37.5. The highest BCUT2D eigenvalue weighted by Crippen LogP contribution is 2.33. The van der Waals surface area contributed by atoms with Crippen LogP contribution in [-0.2, 0) is 33.2 Å². The van der Waals surface area contributed by atoms with E-state index >= 15 is 0 Å². The molecule has 0 saturated carbocycles. The van der Waals surface area contributed by atoms with Crippen molar-refractivity contribution < 1.29 is 89.4 Å². The third-order valence-corrected chi connectivity index (χ3v) is 18.6. The van der Waals surface area contributed by atoms with Gasteiger partial charge in [0, 0.05) is 6.42 Å². The number of carbonyl (C=O) groups is 1. The normalized spacial score (nSPS) is 27.7. The number of allylic oxidation sites excluding steroid dienone is 9. The van der Waals surface area contributed by atoms with Gasteiger partial charge < -0.3 is 89.9 Å². The summed E-state index contributed by atoms with van der Waals surface area (Å²) in [4.78, 5) is 13.5. The lowest BCUT2D eigenvalue weighted by atomic mass is 9.96. The van der Waals surface area contributed by atoms with Crippen LogP contribution in [0.1, 0.15) is 277 Å². The van der Waals surface area contributed by atoms with Gasteiger partial charge in [0.05, 0.1) is 38.6 Å². The van der Waals surface area contributed by atoms with Gasteiger partial charge in [0.15, 0.2) is 18.9 Å². The molecule has 3 fully saturated rings. The molecule has 94 heavy (non-hydrogen) atoms. The van der Waals surface area contributed by atoms with Crippen LogP contribution in [-0.4, -0.2) is 193 Å². The summed E-state index contributed by atoms with van der Waals surface area (Å²) in [5, 5.41) is 121. The number of aliphatic hydroxyl groups excluding tert-OH is 11. The number of hydrogen-bond donors (Lipinski definition) is 12. The van der Waals surface area contributed by atoms with Gasteiger partial charge in [-0.15, -0.1) is 0 Å². The van der Waals surface area contributed by atoms with Gasteiger partial charge in [-0.3, -0.25) is 4.79 Å². The summed E-state index contributed by atoms with van der Waals surface area (Å²) in [6.45, 7) is 1.65. The molecule has 3 aliphatic rings. The Morgan fingerprint density at radius 1 is 0.394 bits per heavy atom. The smallest absolute Gasteiger partial charge is 0.220 e. The molecule has 12 N–H and O–H groups in total. The first-order chi connectivity index (χ1) is 45.8. The van der Waals surface area contributed by atoms with Crippen molar-refractivity contribution in [2.75, 3.05) is 26.4 Å². The van der Waals surface area contributed by atoms with Crippen molar-refractivity contribution in [1.29, 1.82) is 0 Å². The van der Waals surface area contributed by atoms with Crippen molar-refractivity contribution in [3.8, 4) is 0 Å². The van der Waals surface area contributed by atoms with Crippen LogP contribution < -0.4 is 5.32 Å². The van der Waals surface area contributed by atoms with E-state index in [-0.39, 0.29) is 18.9 Å². The molecule has 0 radical (unpaired) electrons. The number of carbonyl (C=O) groups excluding carboxylic acids is 1. The van der Waals surface area contributed by atoms with Crippen molar-refractivity contribution >= 4 is 5.91 Å². The predicted molar refractivity (Wildman–Crippen MR) is 369 cm³/mol. The van der Waals surface area contributed by atoms with E-state index in [1.807, 2.05) is 6.08 Å². The van der Waals surface area contributed by atoms with Crippen LogP contribution in [0.4, 0.5) is 0 Å². The van der Waals surface area contributed by atoms with Crippen LogP contribution in [0.25, 0.3) is 0 Å². The van der Waals surface area contributed by atoms with Gasteiger partial charge in [0.1, 0.15) is 73.2 Å². The van der Waals surface area contributed by atoms with Crippen LogP contribution in [0, 0.1) is 0 Å². The van der Waals surface area contributed by atoms with Gasteiger partial charge in [-0.05, 0) is 57.8 Å². The van der Waals surface area contributed by atoms with Gasteiger partial charge in [-0.25, -0.2) is 0 Å². The van der Waals surface area contributed by atoms with E-state index in [1.165, 1.54) is 173 Å². The van der Waals surface area contributed by atoms with Crippen LogP contribution >= 0.6 is 0 Å². The number of nitrogens with one attached hydrogen (secondary N) is 1. The maximum atomic E-state index is 13.5. The lowest BCUT2D eigenvalue weighted by Gasteiger charge is -2.48. The highest BCUT2D eigenvalue weighted by molar-refractivity contribution is 5.76. The Balaban J connectivity index is 1.41. The van der Waals surface area contributed by atoms with E-state index in [4.69, 9.17) is 28.4 Å². The minimum absolute atomic E-state index is 0.241. The van der Waals surface area contributed by atoms with Gasteiger partial charge >= 0.3 is 0 Å². The fourth-order valence-corrected chi connectivity index (χ4v) is 12.5. The summed E-state index contributed by atoms with van der Waals surface area (Å²) < 4.78 is 34.4. The molecule has 19 nitrogen and oxygen atoms in total. The molecule has 3 aliphatic heterocycles. The van der Waals surface area contributed by atoms with Crippen molar-refractivity contribution in [3.05, 3.63) is 60.8 Å². The van der Waals surface area contributed by atoms with Crippen molar-refractivity contribution in [3.63, 3.8) is 0 Å². The van der Waals surface area contributed by atoms with Crippen LogP contribution in [0.15, 0.2) is 60.8 Å². The molecule has 3 saturated heterocycles. The Morgan fingerprint density at radius 2 is 0.734 bits per heavy atom. The van der Waals surface area contributed by atoms with Crippen molar-refractivity contribution in [2.45, 2.75) is 381 Å². The molecule has 0 bridgehead atoms. The molecule has 17 atom stereocenters. The lowest BCUT2D eigenvalue weighted by Crippen LogP contribution is -2.66. The Bertz CT molecular complexity index is 1940. The van der Waals surface area contributed by atoms with Crippen molar-refractivity contribution in [1.82, 2.24) is 5.32 Å². The fraction of sp³-hybridized carbons (Fsp3) is 0.853. The average molecular weight is 1340 g/mol. The van der Waals surface area contributed by atoms with E-state index in [1.54, 1.807) is 6.08 Å².